The normalized spacial score (nSPS) is 11.7. The molecule has 1 N–H and O–H groups in total. The van der Waals surface area contributed by atoms with Crippen molar-refractivity contribution in [2.24, 2.45) is 0 Å². The van der Waals surface area contributed by atoms with Crippen molar-refractivity contribution in [1.82, 2.24) is 8.96 Å². The molecule has 4 aromatic rings. The van der Waals surface area contributed by atoms with Gasteiger partial charge >= 0.3 is 5.97 Å². The minimum absolute atomic E-state index is 0.0516. The Morgan fingerprint density at radius 3 is 2.62 bits per heavy atom. The van der Waals surface area contributed by atoms with E-state index in [1.807, 2.05) is 0 Å². The van der Waals surface area contributed by atoms with Crippen LogP contribution in [0.1, 0.15) is 9.67 Å². The number of halogens is 1. The molecular formula is C19H13BrN2O5S2. The number of thiophene rings is 1. The molecule has 0 fully saturated rings. The van der Waals surface area contributed by atoms with Crippen molar-refractivity contribution in [2.75, 3.05) is 7.11 Å². The Balaban J connectivity index is 1.92. The first kappa shape index (κ1) is 19.6. The zero-order valence-corrected chi connectivity index (χ0v) is 18.1. The zero-order chi connectivity index (χ0) is 20.8. The fourth-order valence-electron chi connectivity index (χ4n) is 2.92. The van der Waals surface area contributed by atoms with E-state index in [2.05, 4.69) is 20.9 Å². The lowest BCUT2D eigenvalue weighted by atomic mass is 10.1. The number of carbonyl (C=O) groups excluding carboxylic acids is 1. The summed E-state index contributed by atoms with van der Waals surface area (Å²) in [6, 6.07) is 11.4. The van der Waals surface area contributed by atoms with Crippen LogP contribution in [0.2, 0.25) is 0 Å². The molecule has 29 heavy (non-hydrogen) atoms. The first-order valence-corrected chi connectivity index (χ1v) is 11.3. The summed E-state index contributed by atoms with van der Waals surface area (Å²) in [5, 5.41) is 10.8. The van der Waals surface area contributed by atoms with E-state index in [9.17, 15) is 18.3 Å². The van der Waals surface area contributed by atoms with Crippen LogP contribution < -0.4 is 0 Å². The molecule has 0 radical (unpaired) electrons. The third kappa shape index (κ3) is 3.13. The molecule has 0 aliphatic heterocycles. The summed E-state index contributed by atoms with van der Waals surface area (Å²) in [7, 11) is -2.60. The SMILES string of the molecule is COC(=O)c1sc(-c2ccnc3c2ccn3S(=O)(=O)c2ccccc2)c(Br)c1O. The molecule has 3 aromatic heterocycles. The highest BCUT2D eigenvalue weighted by Gasteiger charge is 2.25. The summed E-state index contributed by atoms with van der Waals surface area (Å²) in [5.74, 6) is -0.882. The maximum atomic E-state index is 13.0. The monoisotopic (exact) mass is 492 g/mol. The summed E-state index contributed by atoms with van der Waals surface area (Å²) in [6.45, 7) is 0. The molecule has 0 saturated heterocycles. The first-order chi connectivity index (χ1) is 13.9. The van der Waals surface area contributed by atoms with Crippen molar-refractivity contribution >= 4 is 54.3 Å². The van der Waals surface area contributed by atoms with E-state index in [0.29, 0.717) is 20.3 Å². The number of esters is 1. The van der Waals surface area contributed by atoms with Crippen molar-refractivity contribution in [2.45, 2.75) is 4.90 Å². The van der Waals surface area contributed by atoms with Gasteiger partial charge in [0.05, 0.1) is 21.4 Å². The lowest BCUT2D eigenvalue weighted by Crippen LogP contribution is -2.12. The lowest BCUT2D eigenvalue weighted by molar-refractivity contribution is 0.0603. The Morgan fingerprint density at radius 2 is 1.93 bits per heavy atom. The summed E-state index contributed by atoms with van der Waals surface area (Å²) in [6.07, 6.45) is 2.92. The number of benzene rings is 1. The second-order valence-electron chi connectivity index (χ2n) is 5.94. The first-order valence-electron chi connectivity index (χ1n) is 8.23. The molecule has 0 amide bonds. The Hall–Kier alpha value is -2.69. The highest BCUT2D eigenvalue weighted by molar-refractivity contribution is 9.10. The second kappa shape index (κ2) is 7.29. The van der Waals surface area contributed by atoms with Crippen molar-refractivity contribution in [3.63, 3.8) is 0 Å². The van der Waals surface area contributed by atoms with Gasteiger partial charge in [0.2, 0.25) is 0 Å². The maximum Gasteiger partial charge on any atom is 0.351 e. The van der Waals surface area contributed by atoms with E-state index in [0.717, 1.165) is 15.3 Å². The van der Waals surface area contributed by atoms with E-state index in [1.54, 1.807) is 30.3 Å². The van der Waals surface area contributed by atoms with E-state index >= 15 is 0 Å². The topological polar surface area (TPSA) is 98.5 Å². The van der Waals surface area contributed by atoms with Gasteiger partial charge in [0.1, 0.15) is 0 Å². The van der Waals surface area contributed by atoms with Gasteiger partial charge in [0.25, 0.3) is 10.0 Å². The van der Waals surface area contributed by atoms with Crippen molar-refractivity contribution in [3.8, 4) is 16.2 Å². The molecule has 0 spiro atoms. The molecule has 3 heterocycles. The lowest BCUT2D eigenvalue weighted by Gasteiger charge is -2.07. The van der Waals surface area contributed by atoms with Gasteiger partial charge in [-0.15, -0.1) is 11.3 Å². The predicted molar refractivity (Wildman–Crippen MR) is 113 cm³/mol. The smallest absolute Gasteiger partial charge is 0.351 e. The van der Waals surface area contributed by atoms with Gasteiger partial charge in [-0.05, 0) is 40.2 Å². The summed E-state index contributed by atoms with van der Waals surface area (Å²) < 4.78 is 32.2. The van der Waals surface area contributed by atoms with Crippen LogP contribution in [0.3, 0.4) is 0 Å². The summed E-state index contributed by atoms with van der Waals surface area (Å²) >= 11 is 4.35. The number of aromatic hydroxyl groups is 1. The quantitative estimate of drug-likeness (QED) is 0.427. The average molecular weight is 493 g/mol. The van der Waals surface area contributed by atoms with E-state index < -0.39 is 16.0 Å². The van der Waals surface area contributed by atoms with Gasteiger partial charge in [0, 0.05) is 23.3 Å². The van der Waals surface area contributed by atoms with Crippen molar-refractivity contribution in [3.05, 3.63) is 64.2 Å². The molecule has 0 aliphatic carbocycles. The third-order valence-corrected chi connectivity index (χ3v) is 8.20. The Morgan fingerprint density at radius 1 is 1.21 bits per heavy atom. The van der Waals surface area contributed by atoms with Crippen molar-refractivity contribution in [1.29, 1.82) is 0 Å². The summed E-state index contributed by atoms with van der Waals surface area (Å²) in [5.41, 5.74) is 0.866. The van der Waals surface area contributed by atoms with Crippen molar-refractivity contribution < 1.29 is 23.1 Å². The van der Waals surface area contributed by atoms with Gasteiger partial charge in [-0.2, -0.15) is 0 Å². The zero-order valence-electron chi connectivity index (χ0n) is 14.9. The van der Waals surface area contributed by atoms with Gasteiger partial charge in [-0.25, -0.2) is 22.2 Å². The Kier molecular flexibility index (Phi) is 4.93. The van der Waals surface area contributed by atoms with Crippen LogP contribution in [-0.2, 0) is 14.8 Å². The number of carbonyl (C=O) groups is 1. The highest BCUT2D eigenvalue weighted by atomic mass is 79.9. The molecule has 4 rings (SSSR count). The fraction of sp³-hybridized carbons (Fsp3) is 0.0526. The van der Waals surface area contributed by atoms with Gasteiger partial charge in [-0.3, -0.25) is 0 Å². The third-order valence-electron chi connectivity index (χ3n) is 4.30. The van der Waals surface area contributed by atoms with E-state index in [4.69, 9.17) is 4.74 Å². The molecule has 0 atom stereocenters. The number of methoxy groups -OCH3 is 1. The van der Waals surface area contributed by atoms with Crippen LogP contribution >= 0.6 is 27.3 Å². The number of hydrogen-bond donors (Lipinski definition) is 1. The molecular weight excluding hydrogens is 480 g/mol. The van der Waals surface area contributed by atoms with Gasteiger partial charge in [-0.1, -0.05) is 18.2 Å². The number of nitrogens with zero attached hydrogens (tertiary/aromatic N) is 2. The molecule has 1 aromatic carbocycles. The number of hydrogen-bond acceptors (Lipinski definition) is 7. The number of pyridine rings is 1. The second-order valence-corrected chi connectivity index (χ2v) is 9.57. The van der Waals surface area contributed by atoms with E-state index in [1.165, 1.54) is 31.6 Å². The molecule has 0 aliphatic rings. The van der Waals surface area contributed by atoms with Crippen LogP contribution in [0, 0.1) is 0 Å². The fourth-order valence-corrected chi connectivity index (χ4v) is 6.07. The maximum absolute atomic E-state index is 13.0. The number of rotatable bonds is 4. The highest BCUT2D eigenvalue weighted by Crippen LogP contribution is 2.46. The Bertz CT molecular complexity index is 1340. The van der Waals surface area contributed by atoms with Gasteiger partial charge in [0.15, 0.2) is 16.3 Å². The minimum atomic E-state index is -3.83. The van der Waals surface area contributed by atoms with Gasteiger partial charge < -0.3 is 9.84 Å². The Labute approximate surface area is 178 Å². The molecule has 0 unspecified atom stereocenters. The standard InChI is InChI=1S/C19H13BrN2O5S2/c1-27-19(24)17-15(23)14(20)16(28-17)12-7-9-21-18-13(12)8-10-22(18)29(25,26)11-5-3-2-4-6-11/h2-10,23H,1H3. The van der Waals surface area contributed by atoms with Crippen LogP contribution in [0.5, 0.6) is 5.75 Å². The number of aromatic nitrogens is 2. The average Bonchev–Trinajstić information content (AvgIpc) is 3.30. The minimum Gasteiger partial charge on any atom is -0.505 e. The molecule has 10 heteroatoms. The molecule has 0 saturated carbocycles. The molecule has 7 nitrogen and oxygen atoms in total. The summed E-state index contributed by atoms with van der Waals surface area (Å²) in [4.78, 5) is 16.9. The van der Waals surface area contributed by atoms with Crippen LogP contribution in [0.4, 0.5) is 0 Å². The van der Waals surface area contributed by atoms with Crippen LogP contribution in [0.25, 0.3) is 21.5 Å². The molecule has 148 valence electrons. The van der Waals surface area contributed by atoms with Crippen LogP contribution in [-0.4, -0.2) is 35.6 Å². The van der Waals surface area contributed by atoms with Crippen LogP contribution in [0.15, 0.2) is 64.2 Å². The number of ether oxygens (including phenoxy) is 1. The largest absolute Gasteiger partial charge is 0.505 e. The molecule has 0 bridgehead atoms. The van der Waals surface area contributed by atoms with E-state index in [-0.39, 0.29) is 21.2 Å². The number of fused-ring (bicyclic) bond motifs is 1. The predicted octanol–water partition coefficient (Wildman–Crippen LogP) is 4.26.